The first-order valence-electron chi connectivity index (χ1n) is 7.86. The third kappa shape index (κ3) is 4.70. The maximum atomic E-state index is 13.0. The van der Waals surface area contributed by atoms with Crippen molar-refractivity contribution >= 4 is 27.9 Å². The van der Waals surface area contributed by atoms with Crippen molar-refractivity contribution in [3.8, 4) is 11.8 Å². The van der Waals surface area contributed by atoms with Gasteiger partial charge in [-0.25, -0.2) is 4.79 Å². The smallest absolute Gasteiger partial charge is 0.339 e. The molecule has 0 saturated carbocycles. The van der Waals surface area contributed by atoms with Crippen molar-refractivity contribution in [1.82, 2.24) is 14.4 Å². The maximum absolute atomic E-state index is 13.0. The van der Waals surface area contributed by atoms with Gasteiger partial charge in [0, 0.05) is 0 Å². The Balaban J connectivity index is 2.53. The van der Waals surface area contributed by atoms with E-state index in [4.69, 9.17) is 20.0 Å². The molecule has 0 aliphatic carbocycles. The van der Waals surface area contributed by atoms with Crippen molar-refractivity contribution in [2.45, 2.75) is 4.90 Å². The summed E-state index contributed by atoms with van der Waals surface area (Å²) in [4.78, 5) is 28.2. The van der Waals surface area contributed by atoms with E-state index in [1.807, 2.05) is 0 Å². The Labute approximate surface area is 166 Å². The largest absolute Gasteiger partial charge is 0.481 e. The fourth-order valence-corrected chi connectivity index (χ4v) is 3.51. The highest BCUT2D eigenvalue weighted by molar-refractivity contribution is 7.89. The third-order valence-corrected chi connectivity index (χ3v) is 5.13. The fraction of sp³-hybridized carbons (Fsp3) is 0.250. The molecule has 0 saturated heterocycles. The van der Waals surface area contributed by atoms with Crippen molar-refractivity contribution in [3.63, 3.8) is 0 Å². The SMILES string of the molecule is COC(=O)c1ccccc1S(=O)(=O)N(OC)C(N)=Nc1nc(OC)cc(OC)n1. The van der Waals surface area contributed by atoms with Crippen LogP contribution in [0.4, 0.5) is 5.95 Å². The summed E-state index contributed by atoms with van der Waals surface area (Å²) in [7, 11) is 0.479. The number of nitrogens with two attached hydrogens (primary N) is 1. The lowest BCUT2D eigenvalue weighted by Crippen LogP contribution is -2.41. The molecular formula is C16H19N5O7S. The van der Waals surface area contributed by atoms with Crippen LogP contribution in [0.25, 0.3) is 0 Å². The van der Waals surface area contributed by atoms with Crippen LogP contribution in [-0.2, 0) is 19.6 Å². The molecule has 2 N–H and O–H groups in total. The molecule has 0 amide bonds. The van der Waals surface area contributed by atoms with E-state index in [1.54, 1.807) is 0 Å². The lowest BCUT2D eigenvalue weighted by molar-refractivity contribution is 0.0138. The van der Waals surface area contributed by atoms with Crippen LogP contribution in [0.1, 0.15) is 10.4 Å². The summed E-state index contributed by atoms with van der Waals surface area (Å²) in [6.07, 6.45) is 0. The predicted molar refractivity (Wildman–Crippen MR) is 100 cm³/mol. The van der Waals surface area contributed by atoms with Gasteiger partial charge in [0.2, 0.25) is 17.7 Å². The molecule has 0 atom stereocenters. The number of hydrogen-bond acceptors (Lipinski definition) is 10. The van der Waals surface area contributed by atoms with Crippen LogP contribution in [-0.4, -0.2) is 63.2 Å². The zero-order chi connectivity index (χ0) is 21.6. The maximum Gasteiger partial charge on any atom is 0.339 e. The van der Waals surface area contributed by atoms with Crippen molar-refractivity contribution in [1.29, 1.82) is 0 Å². The van der Waals surface area contributed by atoms with E-state index in [1.165, 1.54) is 44.6 Å². The highest BCUT2D eigenvalue weighted by atomic mass is 32.2. The summed E-state index contributed by atoms with van der Waals surface area (Å²) in [6.45, 7) is 0. The van der Waals surface area contributed by atoms with E-state index < -0.39 is 26.8 Å². The summed E-state index contributed by atoms with van der Waals surface area (Å²) < 4.78 is 41.0. The minimum absolute atomic E-state index is 0.117. The van der Waals surface area contributed by atoms with Gasteiger partial charge in [-0.2, -0.15) is 23.4 Å². The molecule has 1 aromatic heterocycles. The standard InChI is InChI=1S/C16H19N5O7S/c1-25-12-9-13(26-2)19-16(18-12)20-15(17)21(28-4)29(23,24)11-8-6-5-7-10(11)14(22)27-3/h5-9H,1-4H3,(H2,17,18,19,20). The topological polar surface area (TPSA) is 156 Å². The predicted octanol–water partition coefficient (Wildman–Crippen LogP) is 0.479. The number of benzene rings is 1. The zero-order valence-corrected chi connectivity index (χ0v) is 16.8. The summed E-state index contributed by atoms with van der Waals surface area (Å²) in [5, 5.41) is 0. The summed E-state index contributed by atoms with van der Waals surface area (Å²) in [6, 6.07) is 6.79. The van der Waals surface area contributed by atoms with Gasteiger partial charge in [-0.15, -0.1) is 4.47 Å². The van der Waals surface area contributed by atoms with E-state index in [0.29, 0.717) is 4.47 Å². The average molecular weight is 425 g/mol. The Hall–Kier alpha value is -3.45. The second kappa shape index (κ2) is 9.16. The number of aliphatic imine (C=N–C) groups is 1. The zero-order valence-electron chi connectivity index (χ0n) is 16.0. The number of hydroxylamine groups is 1. The van der Waals surface area contributed by atoms with Crippen molar-refractivity contribution < 1.29 is 32.3 Å². The number of hydrogen-bond donors (Lipinski definition) is 1. The Kier molecular flexibility index (Phi) is 6.90. The molecule has 0 radical (unpaired) electrons. The van der Waals surface area contributed by atoms with Crippen LogP contribution in [0.5, 0.6) is 11.8 Å². The van der Waals surface area contributed by atoms with Crippen LogP contribution in [0, 0.1) is 0 Å². The molecule has 156 valence electrons. The first kappa shape index (κ1) is 21.8. The number of nitrogens with zero attached hydrogens (tertiary/aromatic N) is 4. The molecule has 2 rings (SSSR count). The van der Waals surface area contributed by atoms with Gasteiger partial charge in [0.05, 0.1) is 40.1 Å². The molecule has 1 aromatic carbocycles. The summed E-state index contributed by atoms with van der Waals surface area (Å²) in [5.41, 5.74) is 5.62. The van der Waals surface area contributed by atoms with Crippen LogP contribution in [0.2, 0.25) is 0 Å². The molecule has 0 spiro atoms. The number of rotatable bonds is 7. The Morgan fingerprint density at radius 3 is 2.17 bits per heavy atom. The number of carbonyl (C=O) groups is 1. The number of guanidine groups is 1. The molecule has 0 aliphatic rings. The van der Waals surface area contributed by atoms with Crippen LogP contribution in [0.15, 0.2) is 40.2 Å². The Morgan fingerprint density at radius 1 is 1.07 bits per heavy atom. The van der Waals surface area contributed by atoms with Gasteiger partial charge >= 0.3 is 5.97 Å². The van der Waals surface area contributed by atoms with Crippen LogP contribution in [0.3, 0.4) is 0 Å². The van der Waals surface area contributed by atoms with Crippen molar-refractivity contribution in [3.05, 3.63) is 35.9 Å². The lowest BCUT2D eigenvalue weighted by atomic mass is 10.2. The van der Waals surface area contributed by atoms with E-state index in [2.05, 4.69) is 19.7 Å². The minimum Gasteiger partial charge on any atom is -0.481 e. The highest BCUT2D eigenvalue weighted by Crippen LogP contribution is 2.23. The Bertz CT molecular complexity index is 1000. The molecule has 12 nitrogen and oxygen atoms in total. The lowest BCUT2D eigenvalue weighted by Gasteiger charge is -2.21. The minimum atomic E-state index is -4.45. The molecular weight excluding hydrogens is 406 g/mol. The molecule has 29 heavy (non-hydrogen) atoms. The summed E-state index contributed by atoms with van der Waals surface area (Å²) >= 11 is 0. The van der Waals surface area contributed by atoms with Gasteiger partial charge < -0.3 is 19.9 Å². The molecule has 0 unspecified atom stereocenters. The van der Waals surface area contributed by atoms with Gasteiger partial charge in [-0.3, -0.25) is 4.84 Å². The number of esters is 1. The number of sulfonamides is 1. The third-order valence-electron chi connectivity index (χ3n) is 3.44. The Morgan fingerprint density at radius 2 is 1.66 bits per heavy atom. The quantitative estimate of drug-likeness (QED) is 0.286. The highest BCUT2D eigenvalue weighted by Gasteiger charge is 2.31. The monoisotopic (exact) mass is 425 g/mol. The first-order chi connectivity index (χ1) is 13.8. The van der Waals surface area contributed by atoms with Gasteiger partial charge in [-0.05, 0) is 12.1 Å². The second-order valence-corrected chi connectivity index (χ2v) is 6.85. The van der Waals surface area contributed by atoms with Crippen LogP contribution >= 0.6 is 0 Å². The molecule has 13 heteroatoms. The average Bonchev–Trinajstić information content (AvgIpc) is 2.72. The number of aromatic nitrogens is 2. The van der Waals surface area contributed by atoms with Gasteiger partial charge in [0.15, 0.2) is 0 Å². The number of methoxy groups -OCH3 is 3. The van der Waals surface area contributed by atoms with Gasteiger partial charge in [0.25, 0.3) is 16.0 Å². The molecule has 0 bridgehead atoms. The first-order valence-corrected chi connectivity index (χ1v) is 9.30. The fourth-order valence-electron chi connectivity index (χ4n) is 2.17. The van der Waals surface area contributed by atoms with Gasteiger partial charge in [-0.1, -0.05) is 12.1 Å². The summed E-state index contributed by atoms with van der Waals surface area (Å²) in [5.74, 6) is -1.48. The van der Waals surface area contributed by atoms with E-state index in [0.717, 1.165) is 14.2 Å². The molecule has 0 aliphatic heterocycles. The normalized spacial score (nSPS) is 11.7. The number of carbonyl (C=O) groups excluding carboxylic acids is 1. The molecule has 1 heterocycles. The molecule has 0 fully saturated rings. The van der Waals surface area contributed by atoms with E-state index >= 15 is 0 Å². The second-order valence-electron chi connectivity index (χ2n) is 5.13. The van der Waals surface area contributed by atoms with Crippen molar-refractivity contribution in [2.24, 2.45) is 10.7 Å². The number of ether oxygens (including phenoxy) is 3. The van der Waals surface area contributed by atoms with Gasteiger partial charge in [0.1, 0.15) is 4.90 Å². The van der Waals surface area contributed by atoms with Crippen molar-refractivity contribution in [2.75, 3.05) is 28.4 Å². The van der Waals surface area contributed by atoms with E-state index in [-0.39, 0.29) is 23.3 Å². The van der Waals surface area contributed by atoms with Crippen LogP contribution < -0.4 is 15.2 Å². The molecule has 2 aromatic rings. The van der Waals surface area contributed by atoms with E-state index in [9.17, 15) is 13.2 Å².